The monoisotopic (exact) mass is 415 g/mol. The van der Waals surface area contributed by atoms with Gasteiger partial charge in [0.15, 0.2) is 6.04 Å². The molecule has 0 aliphatic carbocycles. The van der Waals surface area contributed by atoms with Crippen LogP contribution in [-0.2, 0) is 25.6 Å². The third kappa shape index (κ3) is 8.13. The Morgan fingerprint density at radius 3 is 2.40 bits per heavy atom. The van der Waals surface area contributed by atoms with Crippen molar-refractivity contribution >= 4 is 12.1 Å². The Labute approximate surface area is 177 Å². The summed E-state index contributed by atoms with van der Waals surface area (Å²) in [5.74, 6) is -0.0556. The summed E-state index contributed by atoms with van der Waals surface area (Å²) in [4.78, 5) is 24.3. The van der Waals surface area contributed by atoms with Crippen molar-refractivity contribution in [1.82, 2.24) is 5.32 Å². The van der Waals surface area contributed by atoms with E-state index in [1.807, 2.05) is 30.3 Å². The van der Waals surface area contributed by atoms with Crippen molar-refractivity contribution in [2.75, 3.05) is 20.3 Å². The quantitative estimate of drug-likeness (QED) is 0.492. The molecule has 1 amide bonds. The number of nitrogens with one attached hydrogen (secondary N) is 1. The van der Waals surface area contributed by atoms with E-state index in [2.05, 4.69) is 5.32 Å². The first-order valence-corrected chi connectivity index (χ1v) is 9.70. The fourth-order valence-corrected chi connectivity index (χ4v) is 2.59. The van der Waals surface area contributed by atoms with Crippen molar-refractivity contribution < 1.29 is 28.5 Å². The van der Waals surface area contributed by atoms with E-state index >= 15 is 0 Å². The molecule has 0 fully saturated rings. The fraction of sp³-hybridized carbons (Fsp3) is 0.391. The number of methoxy groups -OCH3 is 1. The van der Waals surface area contributed by atoms with E-state index in [9.17, 15) is 9.59 Å². The molecule has 0 aromatic heterocycles. The second-order valence-electron chi connectivity index (χ2n) is 7.56. The summed E-state index contributed by atoms with van der Waals surface area (Å²) >= 11 is 0. The SMILES string of the molecule is COC(=O)C(NC(=O)OC(C)(C)C)c1cccc(OCCOCc2ccccc2)c1. The molecule has 162 valence electrons. The minimum atomic E-state index is -1.01. The Kier molecular flexibility index (Phi) is 8.68. The van der Waals surface area contributed by atoms with Crippen LogP contribution in [0.3, 0.4) is 0 Å². The van der Waals surface area contributed by atoms with Crippen molar-refractivity contribution in [3.63, 3.8) is 0 Å². The first-order chi connectivity index (χ1) is 14.3. The third-order valence-electron chi connectivity index (χ3n) is 3.90. The second-order valence-corrected chi connectivity index (χ2v) is 7.56. The highest BCUT2D eigenvalue weighted by Gasteiger charge is 2.26. The Bertz CT molecular complexity index is 816. The predicted molar refractivity (Wildman–Crippen MR) is 112 cm³/mol. The van der Waals surface area contributed by atoms with Gasteiger partial charge in [-0.2, -0.15) is 0 Å². The Morgan fingerprint density at radius 1 is 1.00 bits per heavy atom. The standard InChI is InChI=1S/C23H29NO6/c1-23(2,3)30-22(26)24-20(21(25)27-4)18-11-8-12-19(15-18)29-14-13-28-16-17-9-6-5-7-10-17/h5-12,15,20H,13-14,16H2,1-4H3,(H,24,26). The molecule has 0 bridgehead atoms. The summed E-state index contributed by atoms with van der Waals surface area (Å²) in [5.41, 5.74) is 0.930. The molecule has 0 aliphatic heterocycles. The van der Waals surface area contributed by atoms with Crippen LogP contribution in [0.1, 0.15) is 37.9 Å². The number of rotatable bonds is 9. The molecular weight excluding hydrogens is 386 g/mol. The summed E-state index contributed by atoms with van der Waals surface area (Å²) in [6.45, 7) is 6.50. The largest absolute Gasteiger partial charge is 0.491 e. The zero-order valence-electron chi connectivity index (χ0n) is 17.8. The lowest BCUT2D eigenvalue weighted by atomic mass is 10.1. The molecule has 0 heterocycles. The van der Waals surface area contributed by atoms with Gasteiger partial charge in [0.05, 0.1) is 20.3 Å². The molecule has 0 radical (unpaired) electrons. The molecule has 1 N–H and O–H groups in total. The minimum absolute atomic E-state index is 0.346. The predicted octanol–water partition coefficient (Wildman–Crippen LogP) is 4.02. The number of ether oxygens (including phenoxy) is 4. The van der Waals surface area contributed by atoms with Crippen LogP contribution in [0, 0.1) is 0 Å². The van der Waals surface area contributed by atoms with E-state index < -0.39 is 23.7 Å². The Morgan fingerprint density at radius 2 is 1.73 bits per heavy atom. The van der Waals surface area contributed by atoms with Crippen LogP contribution in [0.15, 0.2) is 54.6 Å². The lowest BCUT2D eigenvalue weighted by Gasteiger charge is -2.23. The number of alkyl carbamates (subject to hydrolysis) is 1. The molecule has 7 heteroatoms. The van der Waals surface area contributed by atoms with E-state index in [1.54, 1.807) is 45.0 Å². The third-order valence-corrected chi connectivity index (χ3v) is 3.90. The van der Waals surface area contributed by atoms with E-state index in [1.165, 1.54) is 7.11 Å². The number of hydrogen-bond donors (Lipinski definition) is 1. The summed E-state index contributed by atoms with van der Waals surface area (Å²) in [6.07, 6.45) is -0.710. The van der Waals surface area contributed by atoms with Gasteiger partial charge in [-0.15, -0.1) is 0 Å². The van der Waals surface area contributed by atoms with E-state index in [4.69, 9.17) is 18.9 Å². The molecule has 2 rings (SSSR count). The summed E-state index contributed by atoms with van der Waals surface area (Å²) < 4.78 is 21.4. The van der Waals surface area contributed by atoms with Crippen LogP contribution < -0.4 is 10.1 Å². The van der Waals surface area contributed by atoms with E-state index in [0.717, 1.165) is 5.56 Å². The van der Waals surface area contributed by atoms with Crippen molar-refractivity contribution in [2.45, 2.75) is 39.0 Å². The Balaban J connectivity index is 1.92. The molecule has 30 heavy (non-hydrogen) atoms. The van der Waals surface area contributed by atoms with Crippen molar-refractivity contribution in [2.24, 2.45) is 0 Å². The highest BCUT2D eigenvalue weighted by Crippen LogP contribution is 2.21. The molecule has 0 spiro atoms. The number of amides is 1. The molecule has 0 saturated heterocycles. The zero-order chi connectivity index (χ0) is 22.0. The van der Waals surface area contributed by atoms with Crippen LogP contribution in [0.25, 0.3) is 0 Å². The molecule has 1 unspecified atom stereocenters. The highest BCUT2D eigenvalue weighted by molar-refractivity contribution is 5.82. The molecule has 1 atom stereocenters. The van der Waals surface area contributed by atoms with Gasteiger partial charge in [-0.3, -0.25) is 0 Å². The van der Waals surface area contributed by atoms with Crippen molar-refractivity contribution in [3.8, 4) is 5.75 Å². The van der Waals surface area contributed by atoms with Gasteiger partial charge in [0.1, 0.15) is 18.0 Å². The second kappa shape index (κ2) is 11.2. The van der Waals surface area contributed by atoms with Crippen LogP contribution in [0.5, 0.6) is 5.75 Å². The van der Waals surface area contributed by atoms with Crippen LogP contribution in [-0.4, -0.2) is 38.0 Å². The van der Waals surface area contributed by atoms with Gasteiger partial charge in [0.25, 0.3) is 0 Å². The number of carbonyl (C=O) groups is 2. The molecule has 7 nitrogen and oxygen atoms in total. The van der Waals surface area contributed by atoms with Crippen LogP contribution >= 0.6 is 0 Å². The molecule has 0 saturated carbocycles. The minimum Gasteiger partial charge on any atom is -0.491 e. The molecule has 2 aromatic rings. The smallest absolute Gasteiger partial charge is 0.408 e. The maximum Gasteiger partial charge on any atom is 0.408 e. The first-order valence-electron chi connectivity index (χ1n) is 9.70. The lowest BCUT2D eigenvalue weighted by Crippen LogP contribution is -2.38. The van der Waals surface area contributed by atoms with Gasteiger partial charge in [0, 0.05) is 0 Å². The van der Waals surface area contributed by atoms with E-state index in [0.29, 0.717) is 31.1 Å². The van der Waals surface area contributed by atoms with Gasteiger partial charge >= 0.3 is 12.1 Å². The number of benzene rings is 2. The first kappa shape index (κ1) is 23.2. The average Bonchev–Trinajstić information content (AvgIpc) is 2.71. The molecule has 0 aliphatic rings. The topological polar surface area (TPSA) is 83.1 Å². The van der Waals surface area contributed by atoms with Gasteiger partial charge in [-0.05, 0) is 44.0 Å². The Hall–Kier alpha value is -3.06. The average molecular weight is 415 g/mol. The summed E-state index contributed by atoms with van der Waals surface area (Å²) in [5, 5.41) is 2.55. The number of hydrogen-bond acceptors (Lipinski definition) is 6. The van der Waals surface area contributed by atoms with Crippen molar-refractivity contribution in [3.05, 3.63) is 65.7 Å². The van der Waals surface area contributed by atoms with Crippen LogP contribution in [0.2, 0.25) is 0 Å². The maximum atomic E-state index is 12.2. The number of carbonyl (C=O) groups excluding carboxylic acids is 2. The van der Waals surface area contributed by atoms with Gasteiger partial charge in [0.2, 0.25) is 0 Å². The fourth-order valence-electron chi connectivity index (χ4n) is 2.59. The van der Waals surface area contributed by atoms with Gasteiger partial charge < -0.3 is 24.3 Å². The molecule has 2 aromatic carbocycles. The normalized spacial score (nSPS) is 12.0. The van der Waals surface area contributed by atoms with Crippen LogP contribution in [0.4, 0.5) is 4.79 Å². The molecular formula is C23H29NO6. The van der Waals surface area contributed by atoms with Gasteiger partial charge in [-0.1, -0.05) is 42.5 Å². The number of esters is 1. The van der Waals surface area contributed by atoms with E-state index in [-0.39, 0.29) is 0 Å². The summed E-state index contributed by atoms with van der Waals surface area (Å²) in [7, 11) is 1.26. The van der Waals surface area contributed by atoms with Gasteiger partial charge in [-0.25, -0.2) is 9.59 Å². The van der Waals surface area contributed by atoms with Crippen molar-refractivity contribution in [1.29, 1.82) is 0 Å². The summed E-state index contributed by atoms with van der Waals surface area (Å²) in [6, 6.07) is 15.7. The zero-order valence-corrected chi connectivity index (χ0v) is 17.8. The maximum absolute atomic E-state index is 12.2. The highest BCUT2D eigenvalue weighted by atomic mass is 16.6. The lowest BCUT2D eigenvalue weighted by molar-refractivity contribution is -0.143.